The van der Waals surface area contributed by atoms with Gasteiger partial charge in [-0.3, -0.25) is 9.36 Å². The van der Waals surface area contributed by atoms with Gasteiger partial charge in [0.1, 0.15) is 5.01 Å². The molecule has 1 N–H and O–H groups in total. The van der Waals surface area contributed by atoms with Crippen LogP contribution in [0.1, 0.15) is 37.6 Å². The Morgan fingerprint density at radius 3 is 2.88 bits per heavy atom. The van der Waals surface area contributed by atoms with E-state index in [0.717, 1.165) is 10.5 Å². The first-order chi connectivity index (χ1) is 11.5. The Hall–Kier alpha value is -2.48. The molecular weight excluding hydrogens is 328 g/mol. The first-order valence-corrected chi connectivity index (χ1v) is 8.58. The number of oxazole rings is 1. The summed E-state index contributed by atoms with van der Waals surface area (Å²) in [6.07, 6.45) is 0.827. The highest BCUT2D eigenvalue weighted by Gasteiger charge is 2.12. The van der Waals surface area contributed by atoms with Gasteiger partial charge in [0.15, 0.2) is 5.58 Å². The van der Waals surface area contributed by atoms with Gasteiger partial charge in [-0.15, -0.1) is 10.2 Å². The summed E-state index contributed by atoms with van der Waals surface area (Å²) in [4.78, 5) is 23.8. The van der Waals surface area contributed by atoms with Crippen LogP contribution in [-0.2, 0) is 11.3 Å². The van der Waals surface area contributed by atoms with Crippen LogP contribution >= 0.6 is 11.3 Å². The first kappa shape index (κ1) is 16.4. The zero-order chi connectivity index (χ0) is 17.1. The number of para-hydroxylation sites is 2. The van der Waals surface area contributed by atoms with Crippen molar-refractivity contribution >= 4 is 33.5 Å². The zero-order valence-electron chi connectivity index (χ0n) is 13.5. The molecule has 0 aliphatic heterocycles. The Labute approximate surface area is 142 Å². The van der Waals surface area contributed by atoms with Crippen molar-refractivity contribution in [3.63, 3.8) is 0 Å². The molecule has 126 valence electrons. The fourth-order valence-electron chi connectivity index (χ4n) is 2.32. The molecule has 0 saturated heterocycles. The summed E-state index contributed by atoms with van der Waals surface area (Å²) >= 11 is 1.38. The molecule has 1 amide bonds. The first-order valence-electron chi connectivity index (χ1n) is 7.76. The van der Waals surface area contributed by atoms with E-state index in [1.54, 1.807) is 10.6 Å². The Morgan fingerprint density at radius 2 is 2.12 bits per heavy atom. The second-order valence-corrected chi connectivity index (χ2v) is 6.75. The third-order valence-corrected chi connectivity index (χ3v) is 4.68. The van der Waals surface area contributed by atoms with Gasteiger partial charge in [-0.1, -0.05) is 37.3 Å². The van der Waals surface area contributed by atoms with Crippen LogP contribution in [0.15, 0.2) is 33.5 Å². The molecule has 0 spiro atoms. The van der Waals surface area contributed by atoms with Crippen LogP contribution in [0, 0.1) is 0 Å². The van der Waals surface area contributed by atoms with Crippen LogP contribution in [0.25, 0.3) is 11.1 Å². The van der Waals surface area contributed by atoms with Crippen LogP contribution in [-0.4, -0.2) is 20.7 Å². The van der Waals surface area contributed by atoms with Crippen molar-refractivity contribution in [1.29, 1.82) is 0 Å². The number of benzene rings is 1. The van der Waals surface area contributed by atoms with Crippen molar-refractivity contribution in [3.8, 4) is 0 Å². The van der Waals surface area contributed by atoms with E-state index in [-0.39, 0.29) is 11.8 Å². The summed E-state index contributed by atoms with van der Waals surface area (Å²) in [6.45, 7) is 4.48. The summed E-state index contributed by atoms with van der Waals surface area (Å²) in [5.41, 5.74) is 1.30. The average Bonchev–Trinajstić information content (AvgIpc) is 3.12. The molecule has 7 nitrogen and oxygen atoms in total. The number of hydrogen-bond donors (Lipinski definition) is 1. The van der Waals surface area contributed by atoms with Gasteiger partial charge in [-0.25, -0.2) is 4.79 Å². The quantitative estimate of drug-likeness (QED) is 0.741. The Bertz CT molecular complexity index is 909. The lowest BCUT2D eigenvalue weighted by Crippen LogP contribution is -2.17. The number of rotatable bonds is 6. The third-order valence-electron chi connectivity index (χ3n) is 3.54. The lowest BCUT2D eigenvalue weighted by Gasteiger charge is -2.03. The minimum atomic E-state index is -0.401. The molecule has 2 aromatic heterocycles. The summed E-state index contributed by atoms with van der Waals surface area (Å²) in [6, 6.07) is 7.25. The third kappa shape index (κ3) is 3.53. The minimum absolute atomic E-state index is 0.137. The second kappa shape index (κ2) is 6.96. The van der Waals surface area contributed by atoms with Crippen LogP contribution in [0.2, 0.25) is 0 Å². The Kier molecular flexibility index (Phi) is 4.75. The van der Waals surface area contributed by atoms with E-state index in [2.05, 4.69) is 15.5 Å². The number of aromatic nitrogens is 3. The van der Waals surface area contributed by atoms with Gasteiger partial charge in [-0.2, -0.15) is 0 Å². The minimum Gasteiger partial charge on any atom is -0.408 e. The van der Waals surface area contributed by atoms with Crippen molar-refractivity contribution in [3.05, 3.63) is 39.8 Å². The van der Waals surface area contributed by atoms with Gasteiger partial charge in [-0.05, 0) is 18.6 Å². The van der Waals surface area contributed by atoms with Crippen LogP contribution in [0.4, 0.5) is 5.13 Å². The molecule has 3 rings (SSSR count). The summed E-state index contributed by atoms with van der Waals surface area (Å²) in [5.74, 6) is -0.251. The number of hydrogen-bond acceptors (Lipinski definition) is 6. The molecule has 24 heavy (non-hydrogen) atoms. The lowest BCUT2D eigenvalue weighted by molar-refractivity contribution is -0.116. The molecule has 8 heteroatoms. The lowest BCUT2D eigenvalue weighted by atomic mass is 10.2. The fourth-order valence-corrected chi connectivity index (χ4v) is 3.09. The van der Waals surface area contributed by atoms with Crippen molar-refractivity contribution in [1.82, 2.24) is 14.8 Å². The topological polar surface area (TPSA) is 90.0 Å². The monoisotopic (exact) mass is 346 g/mol. The molecule has 0 saturated carbocycles. The van der Waals surface area contributed by atoms with Crippen molar-refractivity contribution < 1.29 is 9.21 Å². The number of amides is 1. The number of nitrogens with zero attached hydrogens (tertiary/aromatic N) is 3. The van der Waals surface area contributed by atoms with E-state index in [0.29, 0.717) is 30.1 Å². The predicted octanol–water partition coefficient (Wildman–Crippen LogP) is 2.99. The molecule has 0 aliphatic rings. The maximum atomic E-state index is 12.0. The predicted molar refractivity (Wildman–Crippen MR) is 92.3 cm³/mol. The number of fused-ring (bicyclic) bond motifs is 1. The van der Waals surface area contributed by atoms with Gasteiger partial charge in [0.05, 0.1) is 5.52 Å². The maximum Gasteiger partial charge on any atom is 0.419 e. The number of carbonyl (C=O) groups excluding carboxylic acids is 1. The van der Waals surface area contributed by atoms with Gasteiger partial charge in [0.2, 0.25) is 11.0 Å². The molecular formula is C16H18N4O3S. The van der Waals surface area contributed by atoms with Crippen LogP contribution in [0.3, 0.4) is 0 Å². The van der Waals surface area contributed by atoms with Gasteiger partial charge in [0.25, 0.3) is 0 Å². The van der Waals surface area contributed by atoms with Gasteiger partial charge in [0, 0.05) is 18.9 Å². The van der Waals surface area contributed by atoms with Crippen molar-refractivity contribution in [2.24, 2.45) is 0 Å². The smallest absolute Gasteiger partial charge is 0.408 e. The second-order valence-electron chi connectivity index (χ2n) is 5.74. The summed E-state index contributed by atoms with van der Waals surface area (Å²) < 4.78 is 6.71. The van der Waals surface area contributed by atoms with E-state index in [4.69, 9.17) is 4.42 Å². The van der Waals surface area contributed by atoms with Crippen LogP contribution in [0.5, 0.6) is 0 Å². The van der Waals surface area contributed by atoms with E-state index < -0.39 is 5.76 Å². The summed E-state index contributed by atoms with van der Waals surface area (Å²) in [7, 11) is 0. The number of nitrogens with one attached hydrogen (secondary N) is 1. The van der Waals surface area contributed by atoms with Gasteiger partial charge < -0.3 is 9.73 Å². The Morgan fingerprint density at radius 1 is 1.33 bits per heavy atom. The average molecular weight is 346 g/mol. The number of aryl methyl sites for hydroxylation is 1. The largest absolute Gasteiger partial charge is 0.419 e. The molecule has 0 bridgehead atoms. The fraction of sp³-hybridized carbons (Fsp3) is 0.375. The highest BCUT2D eigenvalue weighted by Crippen LogP contribution is 2.22. The molecule has 3 aromatic rings. The normalized spacial score (nSPS) is 11.3. The molecule has 1 aromatic carbocycles. The van der Waals surface area contributed by atoms with Gasteiger partial charge >= 0.3 is 5.76 Å². The SMILES string of the molecule is CC(C)c1nnc(NC(=O)CCCn2c(=O)oc3ccccc32)s1. The highest BCUT2D eigenvalue weighted by molar-refractivity contribution is 7.15. The molecule has 2 heterocycles. The molecule has 0 atom stereocenters. The van der Waals surface area contributed by atoms with Crippen molar-refractivity contribution in [2.45, 2.75) is 39.2 Å². The van der Waals surface area contributed by atoms with E-state index in [1.807, 2.05) is 32.0 Å². The van der Waals surface area contributed by atoms with E-state index >= 15 is 0 Å². The number of carbonyl (C=O) groups is 1. The van der Waals surface area contributed by atoms with E-state index in [1.165, 1.54) is 11.3 Å². The molecule has 0 unspecified atom stereocenters. The standard InChI is InChI=1S/C16H18N4O3S/c1-10(2)14-18-19-15(24-14)17-13(21)8-5-9-20-11-6-3-4-7-12(11)23-16(20)22/h3-4,6-7,10H,5,8-9H2,1-2H3,(H,17,19,21). The highest BCUT2D eigenvalue weighted by atomic mass is 32.1. The Balaban J connectivity index is 1.56. The van der Waals surface area contributed by atoms with Crippen LogP contribution < -0.4 is 11.1 Å². The maximum absolute atomic E-state index is 12.0. The molecule has 0 fully saturated rings. The summed E-state index contributed by atoms with van der Waals surface area (Å²) in [5, 5.41) is 12.1. The molecule has 0 radical (unpaired) electrons. The zero-order valence-corrected chi connectivity index (χ0v) is 14.3. The number of anilines is 1. The molecule has 0 aliphatic carbocycles. The van der Waals surface area contributed by atoms with E-state index in [9.17, 15) is 9.59 Å². The van der Waals surface area contributed by atoms with Crippen molar-refractivity contribution in [2.75, 3.05) is 5.32 Å².